The number of esters is 1. The van der Waals surface area contributed by atoms with Gasteiger partial charge in [0.2, 0.25) is 0 Å². The first-order valence-corrected chi connectivity index (χ1v) is 9.23. The zero-order chi connectivity index (χ0) is 19.8. The number of benzene rings is 1. The molecule has 9 heteroatoms. The van der Waals surface area contributed by atoms with Crippen LogP contribution in [0.1, 0.15) is 27.3 Å². The molecule has 0 saturated heterocycles. The number of aromatic nitrogens is 1. The lowest BCUT2D eigenvalue weighted by atomic mass is 10.1. The van der Waals surface area contributed by atoms with Crippen LogP contribution in [0.3, 0.4) is 0 Å². The summed E-state index contributed by atoms with van der Waals surface area (Å²) in [7, 11) is 1.23. The second-order valence-electron chi connectivity index (χ2n) is 5.80. The number of aromatic hydroxyl groups is 1. The summed E-state index contributed by atoms with van der Waals surface area (Å²) in [6.07, 6.45) is 1.49. The zero-order valence-corrected chi connectivity index (χ0v) is 16.0. The van der Waals surface area contributed by atoms with Crippen LogP contribution in [0.5, 0.6) is 10.9 Å². The maximum absolute atomic E-state index is 12.3. The molecule has 2 aromatic rings. The van der Waals surface area contributed by atoms with E-state index in [4.69, 9.17) is 10.5 Å². The second kappa shape index (κ2) is 9.89. The lowest BCUT2D eigenvalue weighted by Crippen LogP contribution is -2.46. The third-order valence-electron chi connectivity index (χ3n) is 3.76. The van der Waals surface area contributed by atoms with Crippen molar-refractivity contribution in [2.24, 2.45) is 5.73 Å². The Hall–Kier alpha value is -2.65. The van der Waals surface area contributed by atoms with Crippen LogP contribution in [0.2, 0.25) is 0 Å². The molecule has 0 aliphatic heterocycles. The molecule has 0 saturated carbocycles. The molecular formula is C18H23N3O5S. The molecule has 0 bridgehead atoms. The van der Waals surface area contributed by atoms with Gasteiger partial charge in [-0.15, -0.1) is 0 Å². The number of thiazole rings is 1. The van der Waals surface area contributed by atoms with E-state index in [1.807, 2.05) is 6.07 Å². The standard InChI is InChI=1S/C18H23N3O5S/c1-11-15(16(23)21-14(10-19)17(24)25-2)27-18(20-11)26-8-4-6-12-5-3-7-13(22)9-12/h3,5,7,9,14,22H,4,6,8,10,19H2,1-2H3,(H,21,23)/t14-/m0/s1. The summed E-state index contributed by atoms with van der Waals surface area (Å²) in [6.45, 7) is 2.06. The number of phenolic OH excluding ortho intramolecular Hbond substituents is 1. The summed E-state index contributed by atoms with van der Waals surface area (Å²) in [5, 5.41) is 12.4. The molecule has 8 nitrogen and oxygen atoms in total. The molecule has 146 valence electrons. The minimum absolute atomic E-state index is 0.0609. The summed E-state index contributed by atoms with van der Waals surface area (Å²) >= 11 is 1.11. The lowest BCUT2D eigenvalue weighted by molar-refractivity contribution is -0.142. The molecule has 0 radical (unpaired) electrons. The van der Waals surface area contributed by atoms with E-state index in [-0.39, 0.29) is 12.3 Å². The molecule has 2 rings (SSSR count). The van der Waals surface area contributed by atoms with Crippen molar-refractivity contribution in [2.45, 2.75) is 25.8 Å². The monoisotopic (exact) mass is 393 g/mol. The molecular weight excluding hydrogens is 370 g/mol. The number of nitrogens with one attached hydrogen (secondary N) is 1. The van der Waals surface area contributed by atoms with Crippen LogP contribution in [0.4, 0.5) is 0 Å². The highest BCUT2D eigenvalue weighted by Gasteiger charge is 2.23. The highest BCUT2D eigenvalue weighted by atomic mass is 32.1. The number of hydrogen-bond acceptors (Lipinski definition) is 8. The number of hydrogen-bond donors (Lipinski definition) is 3. The highest BCUT2D eigenvalue weighted by molar-refractivity contribution is 7.15. The molecule has 0 aliphatic carbocycles. The fraction of sp³-hybridized carbons (Fsp3) is 0.389. The Balaban J connectivity index is 1.87. The van der Waals surface area contributed by atoms with Gasteiger partial charge in [-0.25, -0.2) is 9.78 Å². The largest absolute Gasteiger partial charge is 0.508 e. The Labute approximate surface area is 161 Å². The topological polar surface area (TPSA) is 124 Å². The van der Waals surface area contributed by atoms with Crippen LogP contribution in [0.25, 0.3) is 0 Å². The number of aryl methyl sites for hydroxylation is 2. The van der Waals surface area contributed by atoms with Crippen molar-refractivity contribution in [1.29, 1.82) is 0 Å². The number of amides is 1. The van der Waals surface area contributed by atoms with Gasteiger partial charge in [0, 0.05) is 6.54 Å². The minimum Gasteiger partial charge on any atom is -0.508 e. The third kappa shape index (κ3) is 5.93. The third-order valence-corrected chi connectivity index (χ3v) is 4.82. The summed E-state index contributed by atoms with van der Waals surface area (Å²) in [4.78, 5) is 28.5. The van der Waals surface area contributed by atoms with Crippen molar-refractivity contribution >= 4 is 23.2 Å². The second-order valence-corrected chi connectivity index (χ2v) is 6.76. The Morgan fingerprint density at radius 1 is 1.41 bits per heavy atom. The maximum Gasteiger partial charge on any atom is 0.329 e. The van der Waals surface area contributed by atoms with Crippen LogP contribution in [-0.2, 0) is 16.0 Å². The number of nitrogens with two attached hydrogens (primary N) is 1. The molecule has 0 aliphatic rings. The predicted octanol–water partition coefficient (Wildman–Crippen LogP) is 1.40. The fourth-order valence-electron chi connectivity index (χ4n) is 2.37. The van der Waals surface area contributed by atoms with E-state index in [9.17, 15) is 14.7 Å². The molecule has 0 spiro atoms. The molecule has 0 unspecified atom stereocenters. The quantitative estimate of drug-likeness (QED) is 0.434. The number of phenols is 1. The minimum atomic E-state index is -0.907. The number of carbonyl (C=O) groups excluding carboxylic acids is 2. The van der Waals surface area contributed by atoms with Crippen LogP contribution in [0.15, 0.2) is 24.3 Å². The summed E-state index contributed by atoms with van der Waals surface area (Å²) < 4.78 is 10.2. The number of ether oxygens (including phenoxy) is 2. The first-order valence-electron chi connectivity index (χ1n) is 8.41. The lowest BCUT2D eigenvalue weighted by Gasteiger charge is -2.13. The highest BCUT2D eigenvalue weighted by Crippen LogP contribution is 2.25. The van der Waals surface area contributed by atoms with Gasteiger partial charge in [0.15, 0.2) is 0 Å². The Morgan fingerprint density at radius 3 is 2.85 bits per heavy atom. The smallest absolute Gasteiger partial charge is 0.329 e. The van der Waals surface area contributed by atoms with Crippen LogP contribution in [-0.4, -0.2) is 48.3 Å². The maximum atomic E-state index is 12.3. The van der Waals surface area contributed by atoms with Crippen LogP contribution >= 0.6 is 11.3 Å². The summed E-state index contributed by atoms with van der Waals surface area (Å²) in [5.74, 6) is -0.806. The van der Waals surface area contributed by atoms with Crippen molar-refractivity contribution < 1.29 is 24.2 Å². The van der Waals surface area contributed by atoms with Crippen LogP contribution < -0.4 is 15.8 Å². The molecule has 1 amide bonds. The predicted molar refractivity (Wildman–Crippen MR) is 101 cm³/mol. The Bertz CT molecular complexity index is 793. The van der Waals surface area contributed by atoms with E-state index in [1.54, 1.807) is 25.1 Å². The van der Waals surface area contributed by atoms with E-state index in [0.29, 0.717) is 22.4 Å². The fourth-order valence-corrected chi connectivity index (χ4v) is 3.22. The van der Waals surface area contributed by atoms with Gasteiger partial charge in [-0.05, 0) is 37.5 Å². The van der Waals surface area contributed by atoms with Crippen molar-refractivity contribution in [3.8, 4) is 10.9 Å². The first kappa shape index (κ1) is 20.7. The van der Waals surface area contributed by atoms with E-state index >= 15 is 0 Å². The molecule has 0 fully saturated rings. The Kier molecular flexibility index (Phi) is 7.56. The van der Waals surface area contributed by atoms with Crippen molar-refractivity contribution in [1.82, 2.24) is 10.3 Å². The van der Waals surface area contributed by atoms with E-state index in [1.165, 1.54) is 7.11 Å². The molecule has 1 aromatic heterocycles. The average Bonchev–Trinajstić information content (AvgIpc) is 3.03. The zero-order valence-electron chi connectivity index (χ0n) is 15.2. The molecule has 1 heterocycles. The van der Waals surface area contributed by atoms with Gasteiger partial charge in [0.25, 0.3) is 11.1 Å². The van der Waals surface area contributed by atoms with Gasteiger partial charge in [-0.1, -0.05) is 23.5 Å². The number of rotatable bonds is 9. The van der Waals surface area contributed by atoms with E-state index in [0.717, 1.165) is 29.7 Å². The van der Waals surface area contributed by atoms with Gasteiger partial charge in [-0.3, -0.25) is 4.79 Å². The van der Waals surface area contributed by atoms with Gasteiger partial charge in [0.1, 0.15) is 16.7 Å². The van der Waals surface area contributed by atoms with Gasteiger partial charge < -0.3 is 25.6 Å². The van der Waals surface area contributed by atoms with Crippen molar-refractivity contribution in [3.63, 3.8) is 0 Å². The number of methoxy groups -OCH3 is 1. The normalized spacial score (nSPS) is 11.7. The number of carbonyl (C=O) groups is 2. The molecule has 1 atom stereocenters. The molecule has 27 heavy (non-hydrogen) atoms. The Morgan fingerprint density at radius 2 is 2.19 bits per heavy atom. The van der Waals surface area contributed by atoms with Gasteiger partial charge >= 0.3 is 5.97 Å². The van der Waals surface area contributed by atoms with Crippen molar-refractivity contribution in [3.05, 3.63) is 40.4 Å². The van der Waals surface area contributed by atoms with Crippen molar-refractivity contribution in [2.75, 3.05) is 20.3 Å². The SMILES string of the molecule is COC(=O)[C@H](CN)NC(=O)c1sc(OCCCc2cccc(O)c2)nc1C. The van der Waals surface area contributed by atoms with E-state index < -0.39 is 17.9 Å². The van der Waals surface area contributed by atoms with Gasteiger partial charge in [-0.2, -0.15) is 0 Å². The van der Waals surface area contributed by atoms with Crippen LogP contribution in [0, 0.1) is 6.92 Å². The summed E-state index contributed by atoms with van der Waals surface area (Å²) in [5.41, 5.74) is 7.02. The average molecular weight is 393 g/mol. The summed E-state index contributed by atoms with van der Waals surface area (Å²) in [6, 6.07) is 6.16. The molecule has 1 aromatic carbocycles. The molecule has 4 N–H and O–H groups in total. The first-order chi connectivity index (χ1) is 12.9. The number of nitrogens with zero attached hydrogens (tertiary/aromatic N) is 1. The van der Waals surface area contributed by atoms with E-state index in [2.05, 4.69) is 15.0 Å². The van der Waals surface area contributed by atoms with Gasteiger partial charge in [0.05, 0.1) is 19.4 Å².